The van der Waals surface area contributed by atoms with E-state index in [1.54, 1.807) is 0 Å². The Balaban J connectivity index is 2.08. The average molecular weight is 318 g/mol. The zero-order valence-corrected chi connectivity index (χ0v) is 13.6. The third kappa shape index (κ3) is 2.52. The summed E-state index contributed by atoms with van der Waals surface area (Å²) >= 11 is 6.34. The van der Waals surface area contributed by atoms with Crippen LogP contribution in [0, 0.1) is 0 Å². The van der Waals surface area contributed by atoms with Gasteiger partial charge in [-0.1, -0.05) is 43.6 Å². The van der Waals surface area contributed by atoms with Gasteiger partial charge in [0.1, 0.15) is 5.82 Å². The number of fused-ring (bicyclic) bond motifs is 1. The standard InChI is InChI=1S/C17H20ClN3O/c1-3-11(4-2)21-17-14(10-19-21)13(9-16(22)20-17)12-7-5-6-8-15(12)18/h5-8,10-11,13H,3-4,9H2,1-2H3,(H,20,22). The summed E-state index contributed by atoms with van der Waals surface area (Å²) in [5.41, 5.74) is 2.05. The molecule has 1 atom stereocenters. The molecule has 0 saturated heterocycles. The fourth-order valence-corrected chi connectivity index (χ4v) is 3.45. The SMILES string of the molecule is CCC(CC)n1ncc2c1NC(=O)CC2c1ccccc1Cl. The summed E-state index contributed by atoms with van der Waals surface area (Å²) in [6.45, 7) is 4.27. The van der Waals surface area contributed by atoms with Crippen molar-refractivity contribution in [1.29, 1.82) is 0 Å². The first-order valence-electron chi connectivity index (χ1n) is 7.77. The molecule has 116 valence electrons. The van der Waals surface area contributed by atoms with Crippen LogP contribution in [-0.2, 0) is 4.79 Å². The summed E-state index contributed by atoms with van der Waals surface area (Å²) in [5, 5.41) is 8.23. The molecule has 1 N–H and O–H groups in total. The van der Waals surface area contributed by atoms with Crippen molar-refractivity contribution in [3.63, 3.8) is 0 Å². The van der Waals surface area contributed by atoms with Crippen molar-refractivity contribution in [3.05, 3.63) is 46.6 Å². The molecule has 1 aliphatic rings. The number of aromatic nitrogens is 2. The number of halogens is 1. The lowest BCUT2D eigenvalue weighted by Crippen LogP contribution is -2.26. The summed E-state index contributed by atoms with van der Waals surface area (Å²) in [6.07, 6.45) is 4.25. The number of hydrogen-bond acceptors (Lipinski definition) is 2. The number of carbonyl (C=O) groups excluding carboxylic acids is 1. The molecule has 0 radical (unpaired) electrons. The Bertz CT molecular complexity index is 691. The molecule has 5 heteroatoms. The maximum atomic E-state index is 12.2. The number of amides is 1. The van der Waals surface area contributed by atoms with Crippen LogP contribution in [-0.4, -0.2) is 15.7 Å². The predicted molar refractivity (Wildman–Crippen MR) is 88.4 cm³/mol. The molecule has 2 aromatic rings. The molecule has 0 fully saturated rings. The summed E-state index contributed by atoms with van der Waals surface area (Å²) in [4.78, 5) is 12.2. The number of benzene rings is 1. The second kappa shape index (κ2) is 6.13. The van der Waals surface area contributed by atoms with Crippen molar-refractivity contribution in [2.24, 2.45) is 0 Å². The molecule has 22 heavy (non-hydrogen) atoms. The summed E-state index contributed by atoms with van der Waals surface area (Å²) < 4.78 is 1.95. The van der Waals surface area contributed by atoms with Gasteiger partial charge in [-0.2, -0.15) is 5.10 Å². The average Bonchev–Trinajstić information content (AvgIpc) is 2.92. The number of nitrogens with zero attached hydrogens (tertiary/aromatic N) is 2. The molecule has 0 aliphatic carbocycles. The quantitative estimate of drug-likeness (QED) is 0.910. The zero-order valence-electron chi connectivity index (χ0n) is 12.8. The molecule has 2 heterocycles. The van der Waals surface area contributed by atoms with Crippen molar-refractivity contribution >= 4 is 23.3 Å². The van der Waals surface area contributed by atoms with Crippen LogP contribution >= 0.6 is 11.6 Å². The van der Waals surface area contributed by atoms with Crippen molar-refractivity contribution in [2.45, 2.75) is 45.1 Å². The van der Waals surface area contributed by atoms with E-state index in [0.717, 1.165) is 29.8 Å². The molecule has 3 rings (SSSR count). The summed E-state index contributed by atoms with van der Waals surface area (Å²) in [7, 11) is 0. The fraction of sp³-hybridized carbons (Fsp3) is 0.412. The highest BCUT2D eigenvalue weighted by Crippen LogP contribution is 2.40. The Labute approximate surface area is 135 Å². The molecule has 1 amide bonds. The van der Waals surface area contributed by atoms with Crippen LogP contribution in [0.4, 0.5) is 5.82 Å². The van der Waals surface area contributed by atoms with Gasteiger partial charge in [0, 0.05) is 22.9 Å². The molecular formula is C17H20ClN3O. The molecule has 0 bridgehead atoms. The van der Waals surface area contributed by atoms with Crippen LogP contribution in [0.25, 0.3) is 0 Å². The molecule has 1 aromatic heterocycles. The number of carbonyl (C=O) groups is 1. The van der Waals surface area contributed by atoms with Crippen LogP contribution in [0.2, 0.25) is 5.02 Å². The van der Waals surface area contributed by atoms with Crippen LogP contribution < -0.4 is 5.32 Å². The van der Waals surface area contributed by atoms with Gasteiger partial charge < -0.3 is 5.32 Å². The van der Waals surface area contributed by atoms with E-state index in [1.807, 2.05) is 35.1 Å². The Morgan fingerprint density at radius 3 is 2.73 bits per heavy atom. The lowest BCUT2D eigenvalue weighted by molar-refractivity contribution is -0.116. The molecule has 1 unspecified atom stereocenters. The largest absolute Gasteiger partial charge is 0.311 e. The van der Waals surface area contributed by atoms with Gasteiger partial charge in [0.25, 0.3) is 0 Å². The molecular weight excluding hydrogens is 298 g/mol. The summed E-state index contributed by atoms with van der Waals surface area (Å²) in [6, 6.07) is 8.02. The third-order valence-electron chi connectivity index (χ3n) is 4.42. The zero-order chi connectivity index (χ0) is 15.7. The number of rotatable bonds is 4. The van der Waals surface area contributed by atoms with Crippen LogP contribution in [0.1, 0.15) is 56.2 Å². The summed E-state index contributed by atoms with van der Waals surface area (Å²) in [5.74, 6) is 0.820. The van der Waals surface area contributed by atoms with Crippen molar-refractivity contribution in [2.75, 3.05) is 5.32 Å². The van der Waals surface area contributed by atoms with Gasteiger partial charge in [-0.05, 0) is 24.5 Å². The first kappa shape index (κ1) is 15.1. The minimum absolute atomic E-state index is 0.0186. The van der Waals surface area contributed by atoms with Gasteiger partial charge in [-0.15, -0.1) is 0 Å². The van der Waals surface area contributed by atoms with E-state index >= 15 is 0 Å². The predicted octanol–water partition coefficient (Wildman–Crippen LogP) is 4.37. The van der Waals surface area contributed by atoms with Crippen molar-refractivity contribution in [1.82, 2.24) is 9.78 Å². The first-order chi connectivity index (χ1) is 10.7. The van der Waals surface area contributed by atoms with Gasteiger partial charge in [-0.25, -0.2) is 4.68 Å². The fourth-order valence-electron chi connectivity index (χ4n) is 3.19. The second-order valence-corrected chi connectivity index (χ2v) is 6.10. The first-order valence-corrected chi connectivity index (χ1v) is 8.15. The highest BCUT2D eigenvalue weighted by atomic mass is 35.5. The number of hydrogen-bond donors (Lipinski definition) is 1. The topological polar surface area (TPSA) is 46.9 Å². The smallest absolute Gasteiger partial charge is 0.226 e. The third-order valence-corrected chi connectivity index (χ3v) is 4.76. The van der Waals surface area contributed by atoms with Gasteiger partial charge in [0.15, 0.2) is 0 Å². The number of anilines is 1. The van der Waals surface area contributed by atoms with E-state index < -0.39 is 0 Å². The van der Waals surface area contributed by atoms with Gasteiger partial charge in [0.05, 0.1) is 12.2 Å². The highest BCUT2D eigenvalue weighted by molar-refractivity contribution is 6.31. The van der Waals surface area contributed by atoms with Crippen LogP contribution in [0.15, 0.2) is 30.5 Å². The molecule has 0 spiro atoms. The van der Waals surface area contributed by atoms with Crippen LogP contribution in [0.5, 0.6) is 0 Å². The van der Waals surface area contributed by atoms with E-state index in [2.05, 4.69) is 24.3 Å². The Kier molecular flexibility index (Phi) is 4.21. The Morgan fingerprint density at radius 2 is 2.05 bits per heavy atom. The van der Waals surface area contributed by atoms with Crippen LogP contribution in [0.3, 0.4) is 0 Å². The minimum Gasteiger partial charge on any atom is -0.311 e. The van der Waals surface area contributed by atoms with E-state index in [0.29, 0.717) is 17.5 Å². The lowest BCUT2D eigenvalue weighted by Gasteiger charge is -2.26. The Hall–Kier alpha value is -1.81. The molecule has 1 aliphatic heterocycles. The monoisotopic (exact) mass is 317 g/mol. The van der Waals surface area contributed by atoms with E-state index in [-0.39, 0.29) is 11.8 Å². The minimum atomic E-state index is -0.0273. The van der Waals surface area contributed by atoms with Gasteiger partial charge in [0.2, 0.25) is 5.91 Å². The van der Waals surface area contributed by atoms with E-state index in [1.165, 1.54) is 0 Å². The van der Waals surface area contributed by atoms with E-state index in [9.17, 15) is 4.79 Å². The molecule has 4 nitrogen and oxygen atoms in total. The van der Waals surface area contributed by atoms with Crippen molar-refractivity contribution < 1.29 is 4.79 Å². The number of nitrogens with one attached hydrogen (secondary N) is 1. The van der Waals surface area contributed by atoms with E-state index in [4.69, 9.17) is 11.6 Å². The highest BCUT2D eigenvalue weighted by Gasteiger charge is 2.32. The van der Waals surface area contributed by atoms with Crippen molar-refractivity contribution in [3.8, 4) is 0 Å². The maximum absolute atomic E-state index is 12.2. The lowest BCUT2D eigenvalue weighted by atomic mass is 9.87. The Morgan fingerprint density at radius 1 is 1.32 bits per heavy atom. The van der Waals surface area contributed by atoms with Gasteiger partial charge in [-0.3, -0.25) is 4.79 Å². The maximum Gasteiger partial charge on any atom is 0.226 e. The molecule has 1 aromatic carbocycles. The second-order valence-electron chi connectivity index (χ2n) is 5.69. The normalized spacial score (nSPS) is 17.5. The molecule has 0 saturated carbocycles. The van der Waals surface area contributed by atoms with Gasteiger partial charge >= 0.3 is 0 Å².